The van der Waals surface area contributed by atoms with E-state index >= 15 is 0 Å². The fourth-order valence-corrected chi connectivity index (χ4v) is 9.31. The van der Waals surface area contributed by atoms with Crippen LogP contribution in [0.4, 0.5) is 0 Å². The molecule has 0 N–H and O–H groups in total. The molecular formula is C50H82N2. The highest BCUT2D eigenvalue weighted by Gasteiger charge is 2.26. The van der Waals surface area contributed by atoms with Crippen molar-refractivity contribution in [2.75, 3.05) is 0 Å². The van der Waals surface area contributed by atoms with Gasteiger partial charge in [-0.1, -0.05) is 231 Å². The van der Waals surface area contributed by atoms with Crippen molar-refractivity contribution in [1.29, 1.82) is 0 Å². The van der Waals surface area contributed by atoms with E-state index in [0.29, 0.717) is 12.1 Å². The molecule has 0 aliphatic rings. The lowest BCUT2D eigenvalue weighted by Gasteiger charge is -2.22. The maximum Gasteiger partial charge on any atom is 0.0756 e. The quantitative estimate of drug-likeness (QED) is 0.0447. The van der Waals surface area contributed by atoms with Gasteiger partial charge in [0.2, 0.25) is 0 Å². The number of aromatic nitrogens is 2. The van der Waals surface area contributed by atoms with Crippen molar-refractivity contribution in [2.24, 2.45) is 0 Å². The van der Waals surface area contributed by atoms with Crippen LogP contribution in [-0.4, -0.2) is 9.13 Å². The molecule has 0 bridgehead atoms. The molecule has 0 radical (unpaired) electrons. The summed E-state index contributed by atoms with van der Waals surface area (Å²) in [7, 11) is 0. The molecule has 1 atom stereocenters. The fraction of sp³-hybridized carbons (Fsp3) is 0.720. The summed E-state index contributed by atoms with van der Waals surface area (Å²) in [5.41, 5.74) is 6.06. The predicted molar refractivity (Wildman–Crippen MR) is 234 cm³/mol. The second-order valence-corrected chi connectivity index (χ2v) is 16.7. The summed E-state index contributed by atoms with van der Waals surface area (Å²) in [5.74, 6) is 0. The first kappa shape index (κ1) is 42.5. The first-order valence-electron chi connectivity index (χ1n) is 23.3. The summed E-state index contributed by atoms with van der Waals surface area (Å²) in [6, 6.07) is 20.3. The van der Waals surface area contributed by atoms with Crippen LogP contribution in [0.2, 0.25) is 0 Å². The van der Waals surface area contributed by atoms with E-state index < -0.39 is 0 Å². The molecule has 0 saturated heterocycles. The van der Waals surface area contributed by atoms with Gasteiger partial charge in [0.15, 0.2) is 0 Å². The van der Waals surface area contributed by atoms with Gasteiger partial charge in [-0.3, -0.25) is 0 Å². The van der Waals surface area contributed by atoms with Gasteiger partial charge in [-0.15, -0.1) is 0 Å². The molecule has 0 saturated carbocycles. The molecule has 52 heavy (non-hydrogen) atoms. The highest BCUT2D eigenvalue weighted by molar-refractivity contribution is 6.18. The number of para-hydroxylation sites is 2. The van der Waals surface area contributed by atoms with Crippen molar-refractivity contribution in [3.8, 4) is 0 Å². The summed E-state index contributed by atoms with van der Waals surface area (Å²) < 4.78 is 5.78. The summed E-state index contributed by atoms with van der Waals surface area (Å²) in [6.45, 7) is 9.34. The van der Waals surface area contributed by atoms with Crippen LogP contribution in [0.1, 0.15) is 232 Å². The van der Waals surface area contributed by atoms with E-state index in [1.807, 2.05) is 0 Å². The van der Waals surface area contributed by atoms with Crippen molar-refractivity contribution in [2.45, 2.75) is 232 Å². The summed E-state index contributed by atoms with van der Waals surface area (Å²) in [5, 5.41) is 2.99. The van der Waals surface area contributed by atoms with Gasteiger partial charge >= 0.3 is 0 Å². The van der Waals surface area contributed by atoms with Crippen LogP contribution < -0.4 is 0 Å². The van der Waals surface area contributed by atoms with E-state index in [1.54, 1.807) is 11.0 Å². The lowest BCUT2D eigenvalue weighted by molar-refractivity contribution is 0.407. The molecule has 4 aromatic rings. The molecule has 2 aromatic heterocycles. The molecule has 2 heterocycles. The van der Waals surface area contributed by atoms with Crippen molar-refractivity contribution in [1.82, 2.24) is 9.13 Å². The molecular weight excluding hydrogens is 629 g/mol. The summed E-state index contributed by atoms with van der Waals surface area (Å²) in [4.78, 5) is 0. The Morgan fingerprint density at radius 3 is 0.865 bits per heavy atom. The highest BCUT2D eigenvalue weighted by atomic mass is 15.1. The van der Waals surface area contributed by atoms with Crippen molar-refractivity contribution < 1.29 is 0 Å². The number of rotatable bonds is 32. The van der Waals surface area contributed by atoms with E-state index in [1.165, 1.54) is 214 Å². The Labute approximate surface area is 321 Å². The van der Waals surface area contributed by atoms with E-state index in [2.05, 4.69) is 85.4 Å². The fourth-order valence-electron chi connectivity index (χ4n) is 9.31. The molecule has 2 aromatic carbocycles. The van der Waals surface area contributed by atoms with Gasteiger partial charge in [-0.2, -0.15) is 0 Å². The molecule has 292 valence electrons. The second-order valence-electron chi connectivity index (χ2n) is 16.7. The standard InChI is InChI=1S/C50H82N2/c1-5-9-13-17-21-22-26-30-38-44(37-29-25-20-16-12-8-4)52-48-42-34-32-40-46(48)49-50(52)45-39-31-33-41-47(45)51(49)43(35-27-23-18-14-10-6-2)36-28-24-19-15-11-7-3/h31-34,39-44H,5-30,35-38H2,1-4H3. The minimum atomic E-state index is 0.573. The Bertz CT molecular complexity index is 1450. The Kier molecular flexibility index (Phi) is 21.0. The Morgan fingerprint density at radius 2 is 0.577 bits per heavy atom. The third kappa shape index (κ3) is 13.0. The van der Waals surface area contributed by atoms with Crippen LogP contribution in [0.25, 0.3) is 32.8 Å². The average molecular weight is 711 g/mol. The first-order valence-corrected chi connectivity index (χ1v) is 23.3. The smallest absolute Gasteiger partial charge is 0.0756 e. The van der Waals surface area contributed by atoms with E-state index in [4.69, 9.17) is 0 Å². The first-order chi connectivity index (χ1) is 25.8. The van der Waals surface area contributed by atoms with E-state index in [0.717, 1.165) is 0 Å². The van der Waals surface area contributed by atoms with Gasteiger partial charge in [-0.05, 0) is 37.8 Å². The number of hydrogen-bond donors (Lipinski definition) is 0. The molecule has 0 amide bonds. The number of unbranched alkanes of at least 4 members (excludes halogenated alkanes) is 22. The van der Waals surface area contributed by atoms with Crippen LogP contribution >= 0.6 is 0 Å². The Hall–Kier alpha value is -2.22. The molecule has 4 rings (SSSR count). The van der Waals surface area contributed by atoms with E-state index in [-0.39, 0.29) is 0 Å². The zero-order chi connectivity index (χ0) is 36.6. The van der Waals surface area contributed by atoms with Crippen LogP contribution in [0, 0.1) is 0 Å². The van der Waals surface area contributed by atoms with Crippen LogP contribution in [0.3, 0.4) is 0 Å². The number of fused-ring (bicyclic) bond motifs is 5. The van der Waals surface area contributed by atoms with Gasteiger partial charge in [0.05, 0.1) is 22.1 Å². The van der Waals surface area contributed by atoms with Crippen molar-refractivity contribution in [3.63, 3.8) is 0 Å². The summed E-state index contributed by atoms with van der Waals surface area (Å²) >= 11 is 0. The number of hydrogen-bond acceptors (Lipinski definition) is 0. The Morgan fingerprint density at radius 1 is 0.327 bits per heavy atom. The van der Waals surface area contributed by atoms with Gasteiger partial charge in [0.1, 0.15) is 0 Å². The molecule has 0 fully saturated rings. The van der Waals surface area contributed by atoms with Crippen molar-refractivity contribution >= 4 is 32.8 Å². The third-order valence-electron chi connectivity index (χ3n) is 12.3. The molecule has 2 heteroatoms. The maximum atomic E-state index is 2.89. The molecule has 0 aliphatic heterocycles. The average Bonchev–Trinajstić information content (AvgIpc) is 3.68. The molecule has 2 nitrogen and oxygen atoms in total. The Balaban J connectivity index is 1.69. The van der Waals surface area contributed by atoms with Crippen LogP contribution in [-0.2, 0) is 0 Å². The zero-order valence-electron chi connectivity index (χ0n) is 34.9. The molecule has 0 aliphatic carbocycles. The van der Waals surface area contributed by atoms with Gasteiger partial charge in [0, 0.05) is 22.9 Å². The van der Waals surface area contributed by atoms with Gasteiger partial charge in [0.25, 0.3) is 0 Å². The SMILES string of the molecule is CCCCCCCCCCC(CCCCCCCC)n1c2ccccc2c2c1c1ccccc1n2C(CCCCCCCC)CCCCCCCC. The van der Waals surface area contributed by atoms with Crippen molar-refractivity contribution in [3.05, 3.63) is 48.5 Å². The monoisotopic (exact) mass is 711 g/mol. The minimum absolute atomic E-state index is 0.573. The van der Waals surface area contributed by atoms with E-state index in [9.17, 15) is 0 Å². The predicted octanol–water partition coefficient (Wildman–Crippen LogP) is 17.6. The van der Waals surface area contributed by atoms with Crippen LogP contribution in [0.15, 0.2) is 48.5 Å². The normalized spacial score (nSPS) is 12.7. The highest BCUT2D eigenvalue weighted by Crippen LogP contribution is 2.44. The van der Waals surface area contributed by atoms with Gasteiger partial charge in [-0.25, -0.2) is 0 Å². The van der Waals surface area contributed by atoms with Gasteiger partial charge < -0.3 is 9.13 Å². The number of nitrogens with zero attached hydrogens (tertiary/aromatic N) is 2. The maximum absolute atomic E-state index is 2.89. The lowest BCUT2D eigenvalue weighted by Crippen LogP contribution is -2.09. The third-order valence-corrected chi connectivity index (χ3v) is 12.3. The molecule has 1 unspecified atom stereocenters. The lowest BCUT2D eigenvalue weighted by atomic mass is 9.99. The summed E-state index contributed by atoms with van der Waals surface area (Å²) in [6.07, 6.45) is 41.2. The largest absolute Gasteiger partial charge is 0.336 e. The zero-order valence-corrected chi connectivity index (χ0v) is 34.9. The van der Waals surface area contributed by atoms with Crippen LogP contribution in [0.5, 0.6) is 0 Å². The molecule has 0 spiro atoms. The topological polar surface area (TPSA) is 9.86 Å². The minimum Gasteiger partial charge on any atom is -0.336 e. The number of benzene rings is 2. The second kappa shape index (κ2) is 25.7.